The molecule has 3 N–H and O–H groups in total. The first kappa shape index (κ1) is 20.8. The normalized spacial score (nSPS) is 16.0. The fourth-order valence-corrected chi connectivity index (χ4v) is 3.20. The summed E-state index contributed by atoms with van der Waals surface area (Å²) in [6, 6.07) is 5.33. The molecule has 0 aliphatic carbocycles. The maximum Gasteiger partial charge on any atom is 0.211 e. The molecular weight excluding hydrogens is 447 g/mol. The highest BCUT2D eigenvalue weighted by atomic mass is 127. The molecule has 0 atom stereocenters. The SMILES string of the molecule is COc1ccc(NC(N)=NCC2CN(S(C)(=O)=O)C2)cc1OC.I. The van der Waals surface area contributed by atoms with Crippen molar-refractivity contribution in [1.29, 1.82) is 0 Å². The molecule has 0 unspecified atom stereocenters. The summed E-state index contributed by atoms with van der Waals surface area (Å²) in [7, 11) is 0.0392. The number of sulfonamides is 1. The molecule has 24 heavy (non-hydrogen) atoms. The van der Waals surface area contributed by atoms with Gasteiger partial charge in [-0.3, -0.25) is 4.99 Å². The maximum absolute atomic E-state index is 11.3. The Labute approximate surface area is 159 Å². The number of rotatable bonds is 6. The number of methoxy groups -OCH3 is 2. The van der Waals surface area contributed by atoms with Crippen LogP contribution in [-0.2, 0) is 10.0 Å². The van der Waals surface area contributed by atoms with E-state index in [-0.39, 0.29) is 35.9 Å². The van der Waals surface area contributed by atoms with Crippen LogP contribution in [-0.4, -0.2) is 58.8 Å². The molecular formula is C14H23IN4O4S. The van der Waals surface area contributed by atoms with Crippen molar-refractivity contribution in [3.63, 3.8) is 0 Å². The Bertz CT molecular complexity index is 690. The molecule has 1 saturated heterocycles. The van der Waals surface area contributed by atoms with Gasteiger partial charge < -0.3 is 20.5 Å². The second kappa shape index (κ2) is 8.72. The number of hydrogen-bond donors (Lipinski definition) is 2. The Hall–Kier alpha value is -1.27. The number of nitrogens with one attached hydrogen (secondary N) is 1. The van der Waals surface area contributed by atoms with Gasteiger partial charge in [-0.2, -0.15) is 0 Å². The molecule has 10 heteroatoms. The summed E-state index contributed by atoms with van der Waals surface area (Å²) in [4.78, 5) is 4.25. The third-order valence-electron chi connectivity index (χ3n) is 3.57. The van der Waals surface area contributed by atoms with Gasteiger partial charge >= 0.3 is 0 Å². The van der Waals surface area contributed by atoms with Crippen LogP contribution in [0, 0.1) is 5.92 Å². The summed E-state index contributed by atoms with van der Waals surface area (Å²) in [5.74, 6) is 1.70. The molecule has 8 nitrogen and oxygen atoms in total. The summed E-state index contributed by atoms with van der Waals surface area (Å²) in [6.45, 7) is 1.47. The molecule has 0 amide bonds. The summed E-state index contributed by atoms with van der Waals surface area (Å²) in [6.07, 6.45) is 1.21. The third kappa shape index (κ3) is 5.38. The second-order valence-electron chi connectivity index (χ2n) is 5.37. The van der Waals surface area contributed by atoms with Crippen molar-refractivity contribution in [3.05, 3.63) is 18.2 Å². The number of benzene rings is 1. The first-order chi connectivity index (χ1) is 10.8. The first-order valence-corrected chi connectivity index (χ1v) is 8.92. The van der Waals surface area contributed by atoms with Gasteiger partial charge in [-0.25, -0.2) is 12.7 Å². The lowest BCUT2D eigenvalue weighted by atomic mass is 10.0. The van der Waals surface area contributed by atoms with Crippen LogP contribution in [0.1, 0.15) is 0 Å². The van der Waals surface area contributed by atoms with E-state index < -0.39 is 10.0 Å². The molecule has 136 valence electrons. The van der Waals surface area contributed by atoms with E-state index in [0.29, 0.717) is 31.1 Å². The molecule has 0 aromatic heterocycles. The van der Waals surface area contributed by atoms with Gasteiger partial charge in [-0.15, -0.1) is 24.0 Å². The maximum atomic E-state index is 11.3. The van der Waals surface area contributed by atoms with Gasteiger partial charge in [0.25, 0.3) is 0 Å². The second-order valence-corrected chi connectivity index (χ2v) is 7.35. The summed E-state index contributed by atoms with van der Waals surface area (Å²) in [5.41, 5.74) is 6.58. The summed E-state index contributed by atoms with van der Waals surface area (Å²) in [5, 5.41) is 2.97. The number of hydrogen-bond acceptors (Lipinski definition) is 5. The van der Waals surface area contributed by atoms with Crippen molar-refractivity contribution in [3.8, 4) is 11.5 Å². The number of guanidine groups is 1. The number of ether oxygens (including phenoxy) is 2. The Kier molecular flexibility index (Phi) is 7.55. The summed E-state index contributed by atoms with van der Waals surface area (Å²) < 4.78 is 34.4. The smallest absolute Gasteiger partial charge is 0.211 e. The largest absolute Gasteiger partial charge is 0.493 e. The zero-order valence-electron chi connectivity index (χ0n) is 13.9. The zero-order chi connectivity index (χ0) is 17.0. The highest BCUT2D eigenvalue weighted by Gasteiger charge is 2.32. The van der Waals surface area contributed by atoms with Crippen LogP contribution in [0.25, 0.3) is 0 Å². The zero-order valence-corrected chi connectivity index (χ0v) is 17.0. The lowest BCUT2D eigenvalue weighted by molar-refractivity contribution is 0.209. The minimum absolute atomic E-state index is 0. The predicted octanol–water partition coefficient (Wildman–Crippen LogP) is 0.940. The van der Waals surface area contributed by atoms with E-state index in [9.17, 15) is 8.42 Å². The lowest BCUT2D eigenvalue weighted by Crippen LogP contribution is -2.50. The van der Waals surface area contributed by atoms with Crippen LogP contribution in [0.3, 0.4) is 0 Å². The van der Waals surface area contributed by atoms with Crippen LogP contribution in [0.2, 0.25) is 0 Å². The van der Waals surface area contributed by atoms with Crippen molar-refractivity contribution < 1.29 is 17.9 Å². The third-order valence-corrected chi connectivity index (χ3v) is 4.80. The Balaban J connectivity index is 0.00000288. The minimum Gasteiger partial charge on any atom is -0.493 e. The monoisotopic (exact) mass is 470 g/mol. The van der Waals surface area contributed by atoms with Crippen LogP contribution >= 0.6 is 24.0 Å². The molecule has 0 spiro atoms. The van der Waals surface area contributed by atoms with Gasteiger partial charge in [0.05, 0.1) is 20.5 Å². The molecule has 1 heterocycles. The van der Waals surface area contributed by atoms with Crippen LogP contribution in [0.4, 0.5) is 5.69 Å². The van der Waals surface area contributed by atoms with Crippen LogP contribution in [0.15, 0.2) is 23.2 Å². The number of nitrogens with zero attached hydrogens (tertiary/aromatic N) is 2. The molecule has 0 bridgehead atoms. The van der Waals surface area contributed by atoms with E-state index in [4.69, 9.17) is 15.2 Å². The molecule has 1 fully saturated rings. The Morgan fingerprint density at radius 2 is 1.96 bits per heavy atom. The average molecular weight is 470 g/mol. The molecule has 1 aromatic carbocycles. The van der Waals surface area contributed by atoms with Crippen molar-refractivity contribution in [2.45, 2.75) is 0 Å². The number of nitrogens with two attached hydrogens (primary N) is 1. The lowest BCUT2D eigenvalue weighted by Gasteiger charge is -2.36. The molecule has 0 saturated carbocycles. The first-order valence-electron chi connectivity index (χ1n) is 7.07. The van der Waals surface area contributed by atoms with Crippen molar-refractivity contribution in [2.75, 3.05) is 45.4 Å². The average Bonchev–Trinajstić information content (AvgIpc) is 2.44. The van der Waals surface area contributed by atoms with E-state index >= 15 is 0 Å². The van der Waals surface area contributed by atoms with Gasteiger partial charge in [0.1, 0.15) is 0 Å². The van der Waals surface area contributed by atoms with E-state index in [1.807, 2.05) is 0 Å². The highest BCUT2D eigenvalue weighted by Crippen LogP contribution is 2.29. The number of anilines is 1. The quantitative estimate of drug-likeness (QED) is 0.364. The molecule has 0 radical (unpaired) electrons. The van der Waals surface area contributed by atoms with E-state index in [1.165, 1.54) is 10.6 Å². The molecule has 1 aromatic rings. The summed E-state index contributed by atoms with van der Waals surface area (Å²) >= 11 is 0. The predicted molar refractivity (Wildman–Crippen MR) is 105 cm³/mol. The Morgan fingerprint density at radius 1 is 1.33 bits per heavy atom. The van der Waals surface area contributed by atoms with Crippen molar-refractivity contribution >= 4 is 45.6 Å². The van der Waals surface area contributed by atoms with E-state index in [2.05, 4.69) is 10.3 Å². The van der Waals surface area contributed by atoms with E-state index in [1.54, 1.807) is 32.4 Å². The highest BCUT2D eigenvalue weighted by molar-refractivity contribution is 14.0. The molecule has 2 rings (SSSR count). The van der Waals surface area contributed by atoms with E-state index in [0.717, 1.165) is 5.69 Å². The van der Waals surface area contributed by atoms with Gasteiger partial charge in [0.2, 0.25) is 10.0 Å². The van der Waals surface area contributed by atoms with Gasteiger partial charge in [-0.1, -0.05) is 0 Å². The van der Waals surface area contributed by atoms with Gasteiger partial charge in [0, 0.05) is 37.3 Å². The molecule has 1 aliphatic heterocycles. The molecule has 1 aliphatic rings. The van der Waals surface area contributed by atoms with Gasteiger partial charge in [0.15, 0.2) is 17.5 Å². The number of halogens is 1. The Morgan fingerprint density at radius 3 is 2.50 bits per heavy atom. The fraction of sp³-hybridized carbons (Fsp3) is 0.500. The van der Waals surface area contributed by atoms with Crippen LogP contribution < -0.4 is 20.5 Å². The number of aliphatic imine (C=N–C) groups is 1. The fourth-order valence-electron chi connectivity index (χ4n) is 2.24. The standard InChI is InChI=1S/C14H22N4O4S.HI/c1-21-12-5-4-11(6-13(12)22-2)17-14(15)16-7-10-8-18(9-10)23(3,19)20;/h4-6,10H,7-9H2,1-3H3,(H3,15,16,17);1H. The van der Waals surface area contributed by atoms with Crippen molar-refractivity contribution in [1.82, 2.24) is 4.31 Å². The van der Waals surface area contributed by atoms with Gasteiger partial charge in [-0.05, 0) is 12.1 Å². The topological polar surface area (TPSA) is 106 Å². The minimum atomic E-state index is -3.09. The van der Waals surface area contributed by atoms with Crippen molar-refractivity contribution in [2.24, 2.45) is 16.6 Å². The van der Waals surface area contributed by atoms with Crippen LogP contribution in [0.5, 0.6) is 11.5 Å².